The van der Waals surface area contributed by atoms with Crippen molar-refractivity contribution in [3.05, 3.63) is 22.4 Å². The molecule has 126 valence electrons. The first-order chi connectivity index (χ1) is 11.3. The standard InChI is InChI=1S/C17H25N3O2S/c21-16-6-2-1-3-9-19(16)11-8-18-17(22)20-10-4-5-15(20)14-7-12-23-13-14/h7,12-13,15H,1-6,8-11H2,(H,18,22). The second-order valence-corrected chi connectivity index (χ2v) is 7.11. The van der Waals surface area contributed by atoms with Crippen LogP contribution in [0.25, 0.3) is 0 Å². The Balaban J connectivity index is 1.48. The van der Waals surface area contributed by atoms with Gasteiger partial charge in [0.15, 0.2) is 0 Å². The van der Waals surface area contributed by atoms with Gasteiger partial charge in [-0.15, -0.1) is 0 Å². The number of hydrogen-bond donors (Lipinski definition) is 1. The van der Waals surface area contributed by atoms with Crippen molar-refractivity contribution in [2.75, 3.05) is 26.2 Å². The van der Waals surface area contributed by atoms with Crippen LogP contribution in [-0.2, 0) is 4.79 Å². The molecule has 2 aliphatic heterocycles. The number of amides is 3. The van der Waals surface area contributed by atoms with Gasteiger partial charge in [-0.05, 0) is 48.1 Å². The molecular weight excluding hydrogens is 310 g/mol. The lowest BCUT2D eigenvalue weighted by atomic mass is 10.1. The Bertz CT molecular complexity index is 532. The Morgan fingerprint density at radius 3 is 3.00 bits per heavy atom. The van der Waals surface area contributed by atoms with E-state index in [1.54, 1.807) is 11.3 Å². The van der Waals surface area contributed by atoms with Gasteiger partial charge in [-0.2, -0.15) is 11.3 Å². The summed E-state index contributed by atoms with van der Waals surface area (Å²) in [6.45, 7) is 2.81. The molecule has 5 nitrogen and oxygen atoms in total. The van der Waals surface area contributed by atoms with E-state index in [1.165, 1.54) is 5.56 Å². The molecule has 3 heterocycles. The molecule has 0 aromatic carbocycles. The highest BCUT2D eigenvalue weighted by atomic mass is 32.1. The molecule has 3 amide bonds. The van der Waals surface area contributed by atoms with Gasteiger partial charge in [0.25, 0.3) is 0 Å². The predicted octanol–water partition coefficient (Wildman–Crippen LogP) is 3.00. The third-order valence-electron chi connectivity index (χ3n) is 4.77. The molecule has 6 heteroatoms. The lowest BCUT2D eigenvalue weighted by Gasteiger charge is -2.26. The van der Waals surface area contributed by atoms with Crippen molar-refractivity contribution in [3.63, 3.8) is 0 Å². The van der Waals surface area contributed by atoms with Gasteiger partial charge in [0.05, 0.1) is 6.04 Å². The molecule has 0 radical (unpaired) electrons. The van der Waals surface area contributed by atoms with Gasteiger partial charge in [0.1, 0.15) is 0 Å². The third kappa shape index (κ3) is 4.05. The topological polar surface area (TPSA) is 52.7 Å². The molecule has 0 bridgehead atoms. The average Bonchev–Trinajstić information content (AvgIpc) is 3.19. The van der Waals surface area contributed by atoms with Crippen molar-refractivity contribution in [3.8, 4) is 0 Å². The number of thiophene rings is 1. The summed E-state index contributed by atoms with van der Waals surface area (Å²) < 4.78 is 0. The predicted molar refractivity (Wildman–Crippen MR) is 91.4 cm³/mol. The van der Waals surface area contributed by atoms with Crippen LogP contribution in [-0.4, -0.2) is 47.9 Å². The Morgan fingerprint density at radius 2 is 2.17 bits per heavy atom. The van der Waals surface area contributed by atoms with Gasteiger partial charge in [0.2, 0.25) is 5.91 Å². The zero-order chi connectivity index (χ0) is 16.1. The van der Waals surface area contributed by atoms with Crippen LogP contribution in [0.15, 0.2) is 16.8 Å². The molecule has 0 spiro atoms. The van der Waals surface area contributed by atoms with Gasteiger partial charge >= 0.3 is 6.03 Å². The van der Waals surface area contributed by atoms with Crippen molar-refractivity contribution in [2.24, 2.45) is 0 Å². The Labute approximate surface area is 141 Å². The monoisotopic (exact) mass is 335 g/mol. The fourth-order valence-electron chi connectivity index (χ4n) is 3.50. The average molecular weight is 335 g/mol. The number of hydrogen-bond acceptors (Lipinski definition) is 3. The first kappa shape index (κ1) is 16.3. The van der Waals surface area contributed by atoms with E-state index in [2.05, 4.69) is 22.1 Å². The van der Waals surface area contributed by atoms with Crippen LogP contribution in [0.5, 0.6) is 0 Å². The van der Waals surface area contributed by atoms with Crippen LogP contribution in [0, 0.1) is 0 Å². The van der Waals surface area contributed by atoms with E-state index in [0.29, 0.717) is 19.5 Å². The number of likely N-dealkylation sites (tertiary alicyclic amines) is 2. The quantitative estimate of drug-likeness (QED) is 0.919. The summed E-state index contributed by atoms with van der Waals surface area (Å²) in [6.07, 6.45) is 5.95. The summed E-state index contributed by atoms with van der Waals surface area (Å²) in [5.41, 5.74) is 1.24. The molecule has 1 aromatic rings. The molecular formula is C17H25N3O2S. The number of carbonyl (C=O) groups excluding carboxylic acids is 2. The van der Waals surface area contributed by atoms with E-state index >= 15 is 0 Å². The minimum Gasteiger partial charge on any atom is -0.341 e. The summed E-state index contributed by atoms with van der Waals surface area (Å²) >= 11 is 1.68. The molecule has 1 N–H and O–H groups in total. The summed E-state index contributed by atoms with van der Waals surface area (Å²) in [5.74, 6) is 0.231. The normalized spacial score (nSPS) is 22.3. The van der Waals surface area contributed by atoms with Gasteiger partial charge in [0, 0.05) is 32.6 Å². The number of nitrogens with one attached hydrogen (secondary N) is 1. The maximum atomic E-state index is 12.5. The molecule has 0 saturated carbocycles. The summed E-state index contributed by atoms with van der Waals surface area (Å²) in [5, 5.41) is 7.20. The van der Waals surface area contributed by atoms with Crippen LogP contribution >= 0.6 is 11.3 Å². The van der Waals surface area contributed by atoms with E-state index in [0.717, 1.165) is 45.2 Å². The number of urea groups is 1. The lowest BCUT2D eigenvalue weighted by Crippen LogP contribution is -2.43. The van der Waals surface area contributed by atoms with Crippen LogP contribution in [0.4, 0.5) is 4.79 Å². The van der Waals surface area contributed by atoms with Gasteiger partial charge < -0.3 is 15.1 Å². The fraction of sp³-hybridized carbons (Fsp3) is 0.647. The molecule has 3 rings (SSSR count). The second kappa shape index (κ2) is 7.81. The highest BCUT2D eigenvalue weighted by Crippen LogP contribution is 2.32. The zero-order valence-corrected chi connectivity index (χ0v) is 14.3. The molecule has 2 fully saturated rings. The van der Waals surface area contributed by atoms with Gasteiger partial charge in [-0.25, -0.2) is 4.79 Å². The van der Waals surface area contributed by atoms with Crippen molar-refractivity contribution in [1.29, 1.82) is 0 Å². The molecule has 1 aromatic heterocycles. The van der Waals surface area contributed by atoms with Crippen LogP contribution in [0.1, 0.15) is 50.1 Å². The highest BCUT2D eigenvalue weighted by Gasteiger charge is 2.30. The third-order valence-corrected chi connectivity index (χ3v) is 5.47. The molecule has 1 unspecified atom stereocenters. The Morgan fingerprint density at radius 1 is 1.26 bits per heavy atom. The van der Waals surface area contributed by atoms with Crippen molar-refractivity contribution in [2.45, 2.75) is 44.6 Å². The zero-order valence-electron chi connectivity index (χ0n) is 13.5. The first-order valence-corrected chi connectivity index (χ1v) is 9.54. The van der Waals surface area contributed by atoms with E-state index in [9.17, 15) is 9.59 Å². The van der Waals surface area contributed by atoms with Crippen LogP contribution < -0.4 is 5.32 Å². The number of nitrogens with zero attached hydrogens (tertiary/aromatic N) is 2. The van der Waals surface area contributed by atoms with Crippen molar-refractivity contribution in [1.82, 2.24) is 15.1 Å². The van der Waals surface area contributed by atoms with E-state index in [-0.39, 0.29) is 18.0 Å². The first-order valence-electron chi connectivity index (χ1n) is 8.60. The summed E-state index contributed by atoms with van der Waals surface area (Å²) in [6, 6.07) is 2.32. The lowest BCUT2D eigenvalue weighted by molar-refractivity contribution is -0.130. The van der Waals surface area contributed by atoms with Crippen LogP contribution in [0.2, 0.25) is 0 Å². The molecule has 2 saturated heterocycles. The largest absolute Gasteiger partial charge is 0.341 e. The Kier molecular flexibility index (Phi) is 5.54. The maximum absolute atomic E-state index is 12.5. The summed E-state index contributed by atoms with van der Waals surface area (Å²) in [4.78, 5) is 28.2. The maximum Gasteiger partial charge on any atom is 0.317 e. The van der Waals surface area contributed by atoms with Crippen LogP contribution in [0.3, 0.4) is 0 Å². The van der Waals surface area contributed by atoms with E-state index in [1.807, 2.05) is 9.80 Å². The minimum absolute atomic E-state index is 0.000899. The van der Waals surface area contributed by atoms with E-state index in [4.69, 9.17) is 0 Å². The smallest absolute Gasteiger partial charge is 0.317 e. The highest BCUT2D eigenvalue weighted by molar-refractivity contribution is 7.07. The number of rotatable bonds is 4. The molecule has 1 atom stereocenters. The minimum atomic E-state index is 0.000899. The van der Waals surface area contributed by atoms with Crippen molar-refractivity contribution < 1.29 is 9.59 Å². The number of carbonyl (C=O) groups is 2. The summed E-state index contributed by atoms with van der Waals surface area (Å²) in [7, 11) is 0. The Hall–Kier alpha value is -1.56. The van der Waals surface area contributed by atoms with Crippen molar-refractivity contribution >= 4 is 23.3 Å². The molecule has 0 aliphatic carbocycles. The fourth-order valence-corrected chi connectivity index (χ4v) is 4.20. The van der Waals surface area contributed by atoms with E-state index < -0.39 is 0 Å². The van der Waals surface area contributed by atoms with Gasteiger partial charge in [-0.1, -0.05) is 6.42 Å². The van der Waals surface area contributed by atoms with Gasteiger partial charge in [-0.3, -0.25) is 4.79 Å². The molecule has 23 heavy (non-hydrogen) atoms. The second-order valence-electron chi connectivity index (χ2n) is 6.33. The molecule has 2 aliphatic rings. The SMILES string of the molecule is O=C1CCCCCN1CCNC(=O)N1CCCC1c1ccsc1.